The predicted molar refractivity (Wildman–Crippen MR) is 89.8 cm³/mol. The molecule has 1 rings (SSSR count). The van der Waals surface area contributed by atoms with Gasteiger partial charge in [-0.05, 0) is 24.5 Å². The molecular formula is C16H24Br2O. The van der Waals surface area contributed by atoms with Crippen LogP contribution in [0.4, 0.5) is 0 Å². The van der Waals surface area contributed by atoms with Crippen molar-refractivity contribution in [2.24, 2.45) is 5.41 Å². The molecule has 0 saturated heterocycles. The molecule has 108 valence electrons. The van der Waals surface area contributed by atoms with E-state index in [9.17, 15) is 0 Å². The van der Waals surface area contributed by atoms with E-state index in [1.807, 2.05) is 6.07 Å². The first-order chi connectivity index (χ1) is 9.17. The largest absolute Gasteiger partial charge is 0.376 e. The van der Waals surface area contributed by atoms with Crippen molar-refractivity contribution in [1.29, 1.82) is 0 Å². The summed E-state index contributed by atoms with van der Waals surface area (Å²) >= 11 is 7.25. The van der Waals surface area contributed by atoms with Crippen molar-refractivity contribution in [2.75, 3.05) is 11.9 Å². The summed E-state index contributed by atoms with van der Waals surface area (Å²) in [5, 5.41) is 1.03. The highest BCUT2D eigenvalue weighted by Crippen LogP contribution is 2.33. The van der Waals surface area contributed by atoms with E-state index >= 15 is 0 Å². The van der Waals surface area contributed by atoms with Crippen molar-refractivity contribution >= 4 is 31.9 Å². The van der Waals surface area contributed by atoms with Gasteiger partial charge in [-0.15, -0.1) is 0 Å². The van der Waals surface area contributed by atoms with Crippen molar-refractivity contribution in [3.05, 3.63) is 34.3 Å². The number of rotatable bonds is 9. The molecule has 0 aliphatic heterocycles. The summed E-state index contributed by atoms with van der Waals surface area (Å²) < 4.78 is 7.13. The molecule has 3 heteroatoms. The third-order valence-electron chi connectivity index (χ3n) is 3.47. The molecule has 0 radical (unpaired) electrons. The molecule has 0 amide bonds. The van der Waals surface area contributed by atoms with Crippen molar-refractivity contribution in [2.45, 2.75) is 46.1 Å². The molecule has 1 aromatic rings. The Hall–Kier alpha value is 0.140. The zero-order chi connectivity index (χ0) is 14.1. The van der Waals surface area contributed by atoms with Crippen LogP contribution in [0.5, 0.6) is 0 Å². The quantitative estimate of drug-likeness (QED) is 0.472. The molecule has 0 fully saturated rings. The first kappa shape index (κ1) is 17.2. The Balaban J connectivity index is 2.54. The average molecular weight is 392 g/mol. The smallest absolute Gasteiger partial charge is 0.0728 e. The number of halogens is 2. The standard InChI is InChI=1S/C16H24Br2O/c1-3-9-16(12-17,10-4-2)13-19-11-14-7-5-6-8-15(14)18/h5-8H,3-4,9-13H2,1-2H3. The lowest BCUT2D eigenvalue weighted by molar-refractivity contribution is 0.0352. The number of hydrogen-bond acceptors (Lipinski definition) is 1. The Labute approximate surface area is 134 Å². The molecule has 19 heavy (non-hydrogen) atoms. The number of benzene rings is 1. The van der Waals surface area contributed by atoms with Crippen LogP contribution in [0.1, 0.15) is 45.1 Å². The van der Waals surface area contributed by atoms with Gasteiger partial charge in [0.05, 0.1) is 13.2 Å². The average Bonchev–Trinajstić information content (AvgIpc) is 2.41. The molecule has 1 nitrogen and oxygen atoms in total. The van der Waals surface area contributed by atoms with E-state index < -0.39 is 0 Å². The van der Waals surface area contributed by atoms with E-state index in [4.69, 9.17) is 4.74 Å². The van der Waals surface area contributed by atoms with Crippen LogP contribution >= 0.6 is 31.9 Å². The summed E-state index contributed by atoms with van der Waals surface area (Å²) in [7, 11) is 0. The van der Waals surface area contributed by atoms with Crippen molar-refractivity contribution < 1.29 is 4.74 Å². The maximum atomic E-state index is 6.00. The van der Waals surface area contributed by atoms with E-state index in [0.717, 1.165) is 16.4 Å². The summed E-state index contributed by atoms with van der Waals surface area (Å²) in [5.74, 6) is 0. The second-order valence-electron chi connectivity index (χ2n) is 5.22. The third-order valence-corrected chi connectivity index (χ3v) is 5.43. The monoisotopic (exact) mass is 390 g/mol. The zero-order valence-electron chi connectivity index (χ0n) is 11.9. The van der Waals surface area contributed by atoms with Crippen molar-refractivity contribution in [3.8, 4) is 0 Å². The van der Waals surface area contributed by atoms with Crippen molar-refractivity contribution in [1.82, 2.24) is 0 Å². The Morgan fingerprint density at radius 2 is 1.74 bits per heavy atom. The van der Waals surface area contributed by atoms with Crippen LogP contribution in [0.3, 0.4) is 0 Å². The van der Waals surface area contributed by atoms with Gasteiger partial charge in [-0.1, -0.05) is 76.7 Å². The highest BCUT2D eigenvalue weighted by molar-refractivity contribution is 9.10. The minimum absolute atomic E-state index is 0.296. The van der Waals surface area contributed by atoms with Gasteiger partial charge < -0.3 is 4.74 Å². The number of hydrogen-bond donors (Lipinski definition) is 0. The van der Waals surface area contributed by atoms with Crippen LogP contribution in [0.25, 0.3) is 0 Å². The Bertz CT molecular complexity index is 360. The lowest BCUT2D eigenvalue weighted by Crippen LogP contribution is -2.28. The zero-order valence-corrected chi connectivity index (χ0v) is 15.1. The molecule has 0 aliphatic rings. The maximum Gasteiger partial charge on any atom is 0.0728 e. The van der Waals surface area contributed by atoms with Gasteiger partial charge >= 0.3 is 0 Å². The van der Waals surface area contributed by atoms with Crippen LogP contribution in [0.15, 0.2) is 28.7 Å². The minimum Gasteiger partial charge on any atom is -0.376 e. The van der Waals surface area contributed by atoms with Gasteiger partial charge in [0.1, 0.15) is 0 Å². The fraction of sp³-hybridized carbons (Fsp3) is 0.625. The normalized spacial score (nSPS) is 11.8. The fourth-order valence-electron chi connectivity index (χ4n) is 2.50. The Morgan fingerprint density at radius 1 is 1.11 bits per heavy atom. The Kier molecular flexibility index (Phi) is 8.27. The van der Waals surface area contributed by atoms with Crippen LogP contribution in [-0.4, -0.2) is 11.9 Å². The first-order valence-corrected chi connectivity index (χ1v) is 8.96. The highest BCUT2D eigenvalue weighted by atomic mass is 79.9. The van der Waals surface area contributed by atoms with Crippen LogP contribution in [0.2, 0.25) is 0 Å². The molecule has 0 saturated carbocycles. The summed E-state index contributed by atoms with van der Waals surface area (Å²) in [6, 6.07) is 8.26. The topological polar surface area (TPSA) is 9.23 Å². The molecule has 0 aromatic heterocycles. The Morgan fingerprint density at radius 3 is 2.26 bits per heavy atom. The SMILES string of the molecule is CCCC(CBr)(CCC)COCc1ccccc1Br. The van der Waals surface area contributed by atoms with Gasteiger partial charge in [0.2, 0.25) is 0 Å². The van der Waals surface area contributed by atoms with E-state index in [1.54, 1.807) is 0 Å². The van der Waals surface area contributed by atoms with Gasteiger partial charge in [0.25, 0.3) is 0 Å². The van der Waals surface area contributed by atoms with Gasteiger partial charge in [-0.3, -0.25) is 0 Å². The van der Waals surface area contributed by atoms with Crippen LogP contribution in [0, 0.1) is 5.41 Å². The van der Waals surface area contributed by atoms with Gasteiger partial charge in [0.15, 0.2) is 0 Å². The first-order valence-electron chi connectivity index (χ1n) is 7.04. The highest BCUT2D eigenvalue weighted by Gasteiger charge is 2.27. The van der Waals surface area contributed by atoms with Crippen LogP contribution in [-0.2, 0) is 11.3 Å². The molecule has 0 unspecified atom stereocenters. The molecule has 0 atom stereocenters. The van der Waals surface area contributed by atoms with Gasteiger partial charge in [-0.2, -0.15) is 0 Å². The van der Waals surface area contributed by atoms with E-state index in [2.05, 4.69) is 63.9 Å². The number of ether oxygens (including phenoxy) is 1. The maximum absolute atomic E-state index is 6.00. The summed E-state index contributed by atoms with van der Waals surface area (Å²) in [6.07, 6.45) is 4.87. The third kappa shape index (κ3) is 5.57. The predicted octanol–water partition coefficient (Wildman–Crippen LogP) is 5.95. The summed E-state index contributed by atoms with van der Waals surface area (Å²) in [4.78, 5) is 0. The van der Waals surface area contributed by atoms with Crippen LogP contribution < -0.4 is 0 Å². The molecule has 1 aromatic carbocycles. The molecule has 0 N–H and O–H groups in total. The lowest BCUT2D eigenvalue weighted by atomic mass is 9.82. The summed E-state index contributed by atoms with van der Waals surface area (Å²) in [5.41, 5.74) is 1.52. The second-order valence-corrected chi connectivity index (χ2v) is 6.63. The van der Waals surface area contributed by atoms with E-state index in [1.165, 1.54) is 31.2 Å². The molecule has 0 spiro atoms. The van der Waals surface area contributed by atoms with E-state index in [-0.39, 0.29) is 0 Å². The number of alkyl halides is 1. The fourth-order valence-corrected chi connectivity index (χ4v) is 3.62. The lowest BCUT2D eigenvalue weighted by Gasteiger charge is -2.31. The summed E-state index contributed by atoms with van der Waals surface area (Å²) in [6.45, 7) is 6.02. The van der Waals surface area contributed by atoms with Crippen molar-refractivity contribution in [3.63, 3.8) is 0 Å². The molecule has 0 bridgehead atoms. The van der Waals surface area contributed by atoms with Gasteiger partial charge in [0, 0.05) is 15.2 Å². The molecular weight excluding hydrogens is 368 g/mol. The van der Waals surface area contributed by atoms with Gasteiger partial charge in [-0.25, -0.2) is 0 Å². The molecule has 0 heterocycles. The van der Waals surface area contributed by atoms with E-state index in [0.29, 0.717) is 12.0 Å². The second kappa shape index (κ2) is 9.15. The molecule has 0 aliphatic carbocycles. The minimum atomic E-state index is 0.296.